The van der Waals surface area contributed by atoms with Crippen LogP contribution in [0.3, 0.4) is 0 Å². The minimum Gasteiger partial charge on any atom is -0.455 e. The van der Waals surface area contributed by atoms with Crippen LogP contribution in [0.15, 0.2) is 59.9 Å². The molecule has 0 aliphatic carbocycles. The Morgan fingerprint density at radius 2 is 1.79 bits per heavy atom. The Hall–Kier alpha value is -3.67. The van der Waals surface area contributed by atoms with Crippen LogP contribution in [0, 0.1) is 26.7 Å². The molecule has 2 heterocycles. The summed E-state index contributed by atoms with van der Waals surface area (Å²) in [6.45, 7) is 19.5. The van der Waals surface area contributed by atoms with Gasteiger partial charge >= 0.3 is 0 Å². The molecule has 2 aromatic heterocycles. The molecule has 0 saturated heterocycles. The van der Waals surface area contributed by atoms with Gasteiger partial charge in [-0.25, -0.2) is 9.98 Å². The Morgan fingerprint density at radius 3 is 2.44 bits per heavy atom. The van der Waals surface area contributed by atoms with E-state index >= 15 is 0 Å². The highest BCUT2D eigenvalue weighted by atomic mass is 16.5. The van der Waals surface area contributed by atoms with Crippen molar-refractivity contribution in [2.75, 3.05) is 23.3 Å². The van der Waals surface area contributed by atoms with Crippen LogP contribution < -0.4 is 15.0 Å². The summed E-state index contributed by atoms with van der Waals surface area (Å²) >= 11 is 0. The van der Waals surface area contributed by atoms with Gasteiger partial charge in [-0.3, -0.25) is 4.98 Å². The molecule has 0 saturated carbocycles. The second kappa shape index (κ2) is 17.4. The summed E-state index contributed by atoms with van der Waals surface area (Å²) in [6.07, 6.45) is 13.5. The van der Waals surface area contributed by atoms with E-state index in [4.69, 9.17) is 14.7 Å². The number of rotatable bonds is 16. The predicted octanol–water partition coefficient (Wildman–Crippen LogP) is 9.97. The number of amidine groups is 1. The second-order valence-corrected chi connectivity index (χ2v) is 11.7. The number of pyridine rings is 2. The Kier molecular flexibility index (Phi) is 13.7. The summed E-state index contributed by atoms with van der Waals surface area (Å²) in [4.78, 5) is 17.2. The predicted molar refractivity (Wildman–Crippen MR) is 184 cm³/mol. The van der Waals surface area contributed by atoms with Gasteiger partial charge in [0.2, 0.25) is 0 Å². The number of anilines is 2. The molecule has 1 atom stereocenters. The van der Waals surface area contributed by atoms with E-state index < -0.39 is 0 Å². The standard InChI is InChI=1S/C37H53N5O/c1-9-13-15-21-38-36(40-32-18-20-34(28(6)24-32)43-33-19-17-31(12-4)39-25-33)35-29(7)23-30(8)37(41-35)42(22-16-14-10-2)26-27(5)11-3/h15,17-21,23-25,27H,9-14,16,22,26H2,1-8H3,(H,38,40)/b21-15+. The lowest BCUT2D eigenvalue weighted by Crippen LogP contribution is -2.32. The van der Waals surface area contributed by atoms with E-state index in [1.54, 1.807) is 6.20 Å². The fourth-order valence-corrected chi connectivity index (χ4v) is 4.95. The van der Waals surface area contributed by atoms with Crippen LogP contribution in [-0.2, 0) is 6.42 Å². The molecule has 0 aliphatic rings. The largest absolute Gasteiger partial charge is 0.455 e. The average Bonchev–Trinajstić information content (AvgIpc) is 3.00. The Morgan fingerprint density at radius 1 is 0.977 bits per heavy atom. The second-order valence-electron chi connectivity index (χ2n) is 11.7. The fourth-order valence-electron chi connectivity index (χ4n) is 4.95. The molecule has 1 unspecified atom stereocenters. The summed E-state index contributed by atoms with van der Waals surface area (Å²) in [5.41, 5.74) is 6.21. The van der Waals surface area contributed by atoms with Crippen molar-refractivity contribution in [1.29, 1.82) is 0 Å². The molecular formula is C37H53N5O. The number of benzene rings is 1. The lowest BCUT2D eigenvalue weighted by Gasteiger charge is -2.29. The molecular weight excluding hydrogens is 530 g/mol. The summed E-state index contributed by atoms with van der Waals surface area (Å²) in [5, 5.41) is 3.60. The minimum absolute atomic E-state index is 0.597. The van der Waals surface area contributed by atoms with Crippen molar-refractivity contribution in [1.82, 2.24) is 9.97 Å². The van der Waals surface area contributed by atoms with Gasteiger partial charge in [-0.1, -0.05) is 72.4 Å². The van der Waals surface area contributed by atoms with Crippen molar-refractivity contribution >= 4 is 17.3 Å². The summed E-state index contributed by atoms with van der Waals surface area (Å²) in [5.74, 6) is 3.94. The zero-order chi connectivity index (χ0) is 31.2. The van der Waals surface area contributed by atoms with Crippen LogP contribution in [0.25, 0.3) is 0 Å². The molecule has 232 valence electrons. The molecule has 6 heteroatoms. The van der Waals surface area contributed by atoms with Crippen molar-refractivity contribution in [2.24, 2.45) is 10.9 Å². The zero-order valence-electron chi connectivity index (χ0n) is 27.8. The molecule has 0 radical (unpaired) electrons. The van der Waals surface area contributed by atoms with Gasteiger partial charge in [0, 0.05) is 30.7 Å². The first-order valence-corrected chi connectivity index (χ1v) is 16.3. The summed E-state index contributed by atoms with van der Waals surface area (Å²) in [7, 11) is 0. The number of hydrogen-bond donors (Lipinski definition) is 1. The van der Waals surface area contributed by atoms with Crippen molar-refractivity contribution in [3.05, 3.63) is 82.9 Å². The quantitative estimate of drug-likeness (QED) is 0.103. The van der Waals surface area contributed by atoms with Gasteiger partial charge in [-0.15, -0.1) is 0 Å². The number of nitrogens with zero attached hydrogens (tertiary/aromatic N) is 4. The van der Waals surface area contributed by atoms with E-state index in [2.05, 4.69) is 88.8 Å². The molecule has 0 spiro atoms. The molecule has 0 fully saturated rings. The number of hydrogen-bond acceptors (Lipinski definition) is 5. The number of unbranched alkanes of at least 4 members (excludes halogenated alkanes) is 3. The third kappa shape index (κ3) is 10.2. The van der Waals surface area contributed by atoms with Gasteiger partial charge in [-0.2, -0.15) is 0 Å². The fraction of sp³-hybridized carbons (Fsp3) is 0.486. The first kappa shape index (κ1) is 33.8. The average molecular weight is 584 g/mol. The van der Waals surface area contributed by atoms with Crippen LogP contribution in [0.4, 0.5) is 11.5 Å². The number of nitrogens with one attached hydrogen (secondary N) is 1. The van der Waals surface area contributed by atoms with Gasteiger partial charge < -0.3 is 15.0 Å². The Balaban J connectivity index is 1.95. The topological polar surface area (TPSA) is 62.6 Å². The van der Waals surface area contributed by atoms with Crippen LogP contribution in [0.1, 0.15) is 101 Å². The lowest BCUT2D eigenvalue weighted by atomic mass is 10.1. The van der Waals surface area contributed by atoms with E-state index in [0.717, 1.165) is 90.1 Å². The SMILES string of the molecule is CCC/C=C/N=C(Nc1ccc(Oc2ccc(CC)nc2)c(C)c1)c1nc(N(CCCCC)CC(C)CC)c(C)cc1C. The normalized spacial score (nSPS) is 12.5. The van der Waals surface area contributed by atoms with E-state index in [0.29, 0.717) is 5.92 Å². The Bertz CT molecular complexity index is 1350. The van der Waals surface area contributed by atoms with Gasteiger partial charge in [0.05, 0.1) is 6.20 Å². The van der Waals surface area contributed by atoms with E-state index in [-0.39, 0.29) is 0 Å². The molecule has 0 bridgehead atoms. The summed E-state index contributed by atoms with van der Waals surface area (Å²) in [6, 6.07) is 12.4. The molecule has 1 N–H and O–H groups in total. The number of aliphatic imine (C=N–C) groups is 1. The zero-order valence-corrected chi connectivity index (χ0v) is 27.8. The van der Waals surface area contributed by atoms with Crippen LogP contribution in [0.2, 0.25) is 0 Å². The number of aryl methyl sites for hydroxylation is 4. The maximum atomic E-state index is 6.15. The van der Waals surface area contributed by atoms with Crippen LogP contribution in [-0.4, -0.2) is 28.9 Å². The van der Waals surface area contributed by atoms with E-state index in [1.165, 1.54) is 24.8 Å². The van der Waals surface area contributed by atoms with Crippen LogP contribution >= 0.6 is 0 Å². The highest BCUT2D eigenvalue weighted by molar-refractivity contribution is 6.08. The van der Waals surface area contributed by atoms with E-state index in [1.807, 2.05) is 30.5 Å². The van der Waals surface area contributed by atoms with Gasteiger partial charge in [-0.05, 0) is 93.0 Å². The van der Waals surface area contributed by atoms with Crippen molar-refractivity contribution in [3.63, 3.8) is 0 Å². The monoisotopic (exact) mass is 583 g/mol. The van der Waals surface area contributed by atoms with Gasteiger partial charge in [0.15, 0.2) is 5.84 Å². The number of aromatic nitrogens is 2. The Labute approximate surface area is 260 Å². The maximum Gasteiger partial charge on any atom is 0.156 e. The van der Waals surface area contributed by atoms with Gasteiger partial charge in [0.25, 0.3) is 0 Å². The van der Waals surface area contributed by atoms with Crippen molar-refractivity contribution in [2.45, 2.75) is 100 Å². The lowest BCUT2D eigenvalue weighted by molar-refractivity contribution is 0.476. The first-order valence-electron chi connectivity index (χ1n) is 16.3. The first-order chi connectivity index (χ1) is 20.8. The van der Waals surface area contributed by atoms with Crippen molar-refractivity contribution < 1.29 is 4.74 Å². The molecule has 0 amide bonds. The number of ether oxygens (including phenoxy) is 1. The van der Waals surface area contributed by atoms with Crippen molar-refractivity contribution in [3.8, 4) is 11.5 Å². The molecule has 0 aliphatic heterocycles. The molecule has 3 aromatic rings. The minimum atomic E-state index is 0.597. The number of allylic oxidation sites excluding steroid dienone is 1. The molecule has 6 nitrogen and oxygen atoms in total. The third-order valence-electron chi connectivity index (χ3n) is 7.75. The molecule has 1 aromatic carbocycles. The maximum absolute atomic E-state index is 6.15. The molecule has 43 heavy (non-hydrogen) atoms. The molecule has 3 rings (SSSR count). The highest BCUT2D eigenvalue weighted by Gasteiger charge is 2.19. The highest BCUT2D eigenvalue weighted by Crippen LogP contribution is 2.28. The smallest absolute Gasteiger partial charge is 0.156 e. The summed E-state index contributed by atoms with van der Waals surface area (Å²) < 4.78 is 6.15. The van der Waals surface area contributed by atoms with Crippen LogP contribution in [0.5, 0.6) is 11.5 Å². The van der Waals surface area contributed by atoms with Gasteiger partial charge in [0.1, 0.15) is 23.0 Å². The third-order valence-corrected chi connectivity index (χ3v) is 7.75. The van der Waals surface area contributed by atoms with E-state index in [9.17, 15) is 0 Å².